The van der Waals surface area contributed by atoms with Gasteiger partial charge in [0.25, 0.3) is 0 Å². The zero-order valence-electron chi connectivity index (χ0n) is 8.62. The van der Waals surface area contributed by atoms with Crippen molar-refractivity contribution in [2.45, 2.75) is 26.2 Å². The molecule has 1 saturated carbocycles. The van der Waals surface area contributed by atoms with Gasteiger partial charge >= 0.3 is 5.97 Å². The van der Waals surface area contributed by atoms with Gasteiger partial charge in [0.05, 0.1) is 7.11 Å². The number of methoxy groups -OCH3 is 1. The predicted octanol–water partition coefficient (Wildman–Crippen LogP) is 1.86. The molecule has 0 heterocycles. The van der Waals surface area contributed by atoms with Crippen molar-refractivity contribution >= 4 is 22.8 Å². The van der Waals surface area contributed by atoms with Crippen molar-refractivity contribution in [3.63, 3.8) is 0 Å². The lowest BCUT2D eigenvalue weighted by atomic mass is 9.74. The summed E-state index contributed by atoms with van der Waals surface area (Å²) in [7, 11) is 1.42. The van der Waals surface area contributed by atoms with Gasteiger partial charge in [0.2, 0.25) is 0 Å². The van der Waals surface area contributed by atoms with Crippen LogP contribution in [-0.4, -0.2) is 23.9 Å². The van der Waals surface area contributed by atoms with Crippen molar-refractivity contribution in [1.82, 2.24) is 0 Å². The molecule has 14 heavy (non-hydrogen) atoms. The molecule has 0 amide bonds. The van der Waals surface area contributed by atoms with E-state index in [4.69, 9.17) is 0 Å². The van der Waals surface area contributed by atoms with Crippen LogP contribution in [0, 0.1) is 11.8 Å². The van der Waals surface area contributed by atoms with Gasteiger partial charge in [-0.2, -0.15) is 0 Å². The van der Waals surface area contributed by atoms with E-state index in [1.807, 2.05) is 0 Å². The van der Waals surface area contributed by atoms with Crippen molar-refractivity contribution in [3.05, 3.63) is 0 Å². The Balaban J connectivity index is 2.05. The number of carbonyl (C=O) groups is 2. The fourth-order valence-electron chi connectivity index (χ4n) is 1.73. The average molecular weight is 216 g/mol. The Labute approximate surface area is 88.6 Å². The maximum Gasteiger partial charge on any atom is 0.305 e. The van der Waals surface area contributed by atoms with Gasteiger partial charge in [0, 0.05) is 19.1 Å². The minimum absolute atomic E-state index is 0.118. The summed E-state index contributed by atoms with van der Waals surface area (Å²) < 4.78 is 4.59. The molecule has 0 spiro atoms. The lowest BCUT2D eigenvalue weighted by molar-refractivity contribution is -0.142. The van der Waals surface area contributed by atoms with Gasteiger partial charge in [-0.25, -0.2) is 0 Å². The van der Waals surface area contributed by atoms with Crippen LogP contribution in [0.4, 0.5) is 0 Å². The Morgan fingerprint density at radius 3 is 2.50 bits per heavy atom. The Kier molecular flexibility index (Phi) is 4.45. The van der Waals surface area contributed by atoms with E-state index in [1.165, 1.54) is 18.9 Å². The average Bonchev–Trinajstić information content (AvgIpc) is 2.07. The second kappa shape index (κ2) is 5.39. The monoisotopic (exact) mass is 216 g/mol. The molecular weight excluding hydrogens is 200 g/mol. The summed E-state index contributed by atoms with van der Waals surface area (Å²) in [5, 5.41) is 0.182. The minimum atomic E-state index is -0.118. The quantitative estimate of drug-likeness (QED) is 0.673. The fourth-order valence-corrected chi connectivity index (χ4v) is 2.47. The van der Waals surface area contributed by atoms with Crippen molar-refractivity contribution in [2.24, 2.45) is 11.8 Å². The number of hydrogen-bond acceptors (Lipinski definition) is 4. The van der Waals surface area contributed by atoms with Crippen molar-refractivity contribution in [3.8, 4) is 0 Å². The summed E-state index contributed by atoms with van der Waals surface area (Å²) in [6, 6.07) is 0. The first-order chi connectivity index (χ1) is 6.61. The highest BCUT2D eigenvalue weighted by Gasteiger charge is 2.30. The maximum atomic E-state index is 10.9. The number of rotatable bonds is 4. The van der Waals surface area contributed by atoms with Crippen molar-refractivity contribution in [1.29, 1.82) is 0 Å². The second-order valence-corrected chi connectivity index (χ2v) is 4.98. The highest BCUT2D eigenvalue weighted by molar-refractivity contribution is 8.13. The molecular formula is C10H16O3S. The van der Waals surface area contributed by atoms with E-state index in [0.717, 1.165) is 18.6 Å². The van der Waals surface area contributed by atoms with Gasteiger partial charge < -0.3 is 4.74 Å². The first-order valence-corrected chi connectivity index (χ1v) is 5.80. The van der Waals surface area contributed by atoms with E-state index in [0.29, 0.717) is 18.3 Å². The van der Waals surface area contributed by atoms with Gasteiger partial charge in [0.15, 0.2) is 5.12 Å². The first kappa shape index (κ1) is 11.6. The molecule has 1 fully saturated rings. The molecule has 0 unspecified atom stereocenters. The number of carbonyl (C=O) groups excluding carboxylic acids is 2. The topological polar surface area (TPSA) is 43.4 Å². The van der Waals surface area contributed by atoms with Gasteiger partial charge in [-0.05, 0) is 24.7 Å². The normalized spacial score (nSPS) is 25.3. The summed E-state index contributed by atoms with van der Waals surface area (Å²) in [5.41, 5.74) is 0. The van der Waals surface area contributed by atoms with Crippen LogP contribution in [-0.2, 0) is 14.3 Å². The SMILES string of the molecule is COC(=O)CC1CC(CSC(C)=O)C1. The Bertz CT molecular complexity index is 221. The second-order valence-electron chi connectivity index (χ2n) is 3.79. The van der Waals surface area contributed by atoms with E-state index in [-0.39, 0.29) is 11.1 Å². The maximum absolute atomic E-state index is 10.9. The van der Waals surface area contributed by atoms with E-state index >= 15 is 0 Å². The minimum Gasteiger partial charge on any atom is -0.469 e. The van der Waals surface area contributed by atoms with Crippen LogP contribution in [0.15, 0.2) is 0 Å². The third kappa shape index (κ3) is 3.70. The zero-order valence-corrected chi connectivity index (χ0v) is 9.43. The highest BCUT2D eigenvalue weighted by Crippen LogP contribution is 2.38. The van der Waals surface area contributed by atoms with E-state index < -0.39 is 0 Å². The van der Waals surface area contributed by atoms with E-state index in [2.05, 4.69) is 4.74 Å². The molecule has 4 heteroatoms. The van der Waals surface area contributed by atoms with Gasteiger partial charge in [-0.15, -0.1) is 0 Å². The molecule has 0 N–H and O–H groups in total. The van der Waals surface area contributed by atoms with E-state index in [9.17, 15) is 9.59 Å². The Morgan fingerprint density at radius 1 is 1.36 bits per heavy atom. The summed E-state index contributed by atoms with van der Waals surface area (Å²) in [4.78, 5) is 21.6. The van der Waals surface area contributed by atoms with Crippen molar-refractivity contribution in [2.75, 3.05) is 12.9 Å². The fraction of sp³-hybridized carbons (Fsp3) is 0.800. The highest BCUT2D eigenvalue weighted by atomic mass is 32.2. The number of hydrogen-bond donors (Lipinski definition) is 0. The van der Waals surface area contributed by atoms with Crippen LogP contribution in [0.3, 0.4) is 0 Å². The summed E-state index contributed by atoms with van der Waals surface area (Å²) >= 11 is 1.39. The Hall–Kier alpha value is -0.510. The van der Waals surface area contributed by atoms with Crippen LogP contribution >= 0.6 is 11.8 Å². The smallest absolute Gasteiger partial charge is 0.305 e. The molecule has 1 rings (SSSR count). The third-order valence-electron chi connectivity index (χ3n) is 2.54. The van der Waals surface area contributed by atoms with Gasteiger partial charge in [-0.3, -0.25) is 9.59 Å². The molecule has 0 aromatic rings. The molecule has 80 valence electrons. The number of thioether (sulfide) groups is 1. The molecule has 0 aliphatic heterocycles. The molecule has 1 aliphatic carbocycles. The molecule has 0 atom stereocenters. The van der Waals surface area contributed by atoms with E-state index in [1.54, 1.807) is 6.92 Å². The van der Waals surface area contributed by atoms with Crippen LogP contribution in [0.1, 0.15) is 26.2 Å². The standard InChI is InChI=1S/C10H16O3S/c1-7(11)14-6-9-3-8(4-9)5-10(12)13-2/h8-9H,3-6H2,1-2H3. The van der Waals surface area contributed by atoms with Crippen LogP contribution in [0.5, 0.6) is 0 Å². The summed E-state index contributed by atoms with van der Waals surface area (Å²) in [6.45, 7) is 1.59. The molecule has 3 nitrogen and oxygen atoms in total. The van der Waals surface area contributed by atoms with Gasteiger partial charge in [0.1, 0.15) is 0 Å². The zero-order chi connectivity index (χ0) is 10.6. The molecule has 1 aliphatic rings. The molecule has 0 radical (unpaired) electrons. The first-order valence-electron chi connectivity index (χ1n) is 4.82. The van der Waals surface area contributed by atoms with Crippen molar-refractivity contribution < 1.29 is 14.3 Å². The van der Waals surface area contributed by atoms with Gasteiger partial charge in [-0.1, -0.05) is 11.8 Å². The van der Waals surface area contributed by atoms with Crippen LogP contribution < -0.4 is 0 Å². The largest absolute Gasteiger partial charge is 0.469 e. The summed E-state index contributed by atoms with van der Waals surface area (Å²) in [6.07, 6.45) is 2.67. The summed E-state index contributed by atoms with van der Waals surface area (Å²) in [5.74, 6) is 1.90. The molecule has 0 saturated heterocycles. The Morgan fingerprint density at radius 2 is 2.00 bits per heavy atom. The lowest BCUT2D eigenvalue weighted by Gasteiger charge is -2.34. The molecule has 0 aromatic carbocycles. The predicted molar refractivity (Wildman–Crippen MR) is 56.0 cm³/mol. The third-order valence-corrected chi connectivity index (χ3v) is 3.58. The lowest BCUT2D eigenvalue weighted by Crippen LogP contribution is -2.28. The molecule has 0 aromatic heterocycles. The number of ether oxygens (including phenoxy) is 1. The molecule has 0 bridgehead atoms. The van der Waals surface area contributed by atoms with Crippen LogP contribution in [0.2, 0.25) is 0 Å². The number of esters is 1. The van der Waals surface area contributed by atoms with Crippen LogP contribution in [0.25, 0.3) is 0 Å².